The van der Waals surface area contributed by atoms with Gasteiger partial charge < -0.3 is 5.21 Å². The Kier molecular flexibility index (Phi) is 2.15. The summed E-state index contributed by atoms with van der Waals surface area (Å²) in [5.41, 5.74) is -0.837. The van der Waals surface area contributed by atoms with E-state index in [0.717, 1.165) is 12.1 Å². The topological polar surface area (TPSA) is 70.1 Å². The molecule has 0 atom stereocenters. The highest BCUT2D eigenvalue weighted by Gasteiger charge is 2.18. The Balaban J connectivity index is 2.87. The van der Waals surface area contributed by atoms with Crippen molar-refractivity contribution in [1.82, 2.24) is 0 Å². The van der Waals surface area contributed by atoms with Gasteiger partial charge in [-0.25, -0.2) is 8.78 Å². The van der Waals surface area contributed by atoms with Gasteiger partial charge in [0.2, 0.25) is 5.52 Å². The molecule has 1 heterocycles. The highest BCUT2D eigenvalue weighted by molar-refractivity contribution is 5.78. The van der Waals surface area contributed by atoms with Crippen LogP contribution >= 0.6 is 0 Å². The van der Waals surface area contributed by atoms with Crippen molar-refractivity contribution in [1.29, 1.82) is 0 Å². The second-order valence-electron chi connectivity index (χ2n) is 3.10. The lowest BCUT2D eigenvalue weighted by Crippen LogP contribution is -2.27. The fraction of sp³-hybridized carbons (Fsp3) is 0. The molecule has 0 aliphatic heterocycles. The van der Waals surface area contributed by atoms with Crippen molar-refractivity contribution in [2.45, 2.75) is 0 Å². The number of nitro groups is 1. The van der Waals surface area contributed by atoms with Crippen LogP contribution in [0.25, 0.3) is 10.9 Å². The smallest absolute Gasteiger partial charge is 0.334 e. The minimum Gasteiger partial charge on any atom is -0.618 e. The number of benzene rings is 1. The summed E-state index contributed by atoms with van der Waals surface area (Å²) in [6.07, 6.45) is 0.654. The van der Waals surface area contributed by atoms with Crippen LogP contribution in [0.5, 0.6) is 0 Å². The van der Waals surface area contributed by atoms with E-state index < -0.39 is 22.2 Å². The van der Waals surface area contributed by atoms with Gasteiger partial charge in [0.15, 0.2) is 0 Å². The summed E-state index contributed by atoms with van der Waals surface area (Å²) in [6.45, 7) is 0. The van der Waals surface area contributed by atoms with Crippen molar-refractivity contribution in [3.63, 3.8) is 0 Å². The Morgan fingerprint density at radius 1 is 1.25 bits per heavy atom. The first kappa shape index (κ1) is 10.2. The monoisotopic (exact) mass is 226 g/mol. The Morgan fingerprint density at radius 2 is 1.94 bits per heavy atom. The van der Waals surface area contributed by atoms with Crippen LogP contribution in [0.3, 0.4) is 0 Å². The summed E-state index contributed by atoms with van der Waals surface area (Å²) in [5, 5.41) is 21.4. The van der Waals surface area contributed by atoms with E-state index >= 15 is 0 Å². The molecular weight excluding hydrogens is 222 g/mol. The number of fused-ring (bicyclic) bond motifs is 1. The second kappa shape index (κ2) is 3.37. The Morgan fingerprint density at radius 3 is 2.56 bits per heavy atom. The zero-order valence-electron chi connectivity index (χ0n) is 7.68. The van der Waals surface area contributed by atoms with Gasteiger partial charge in [0.25, 0.3) is 6.20 Å². The molecule has 0 N–H and O–H groups in total. The molecule has 1 aromatic heterocycles. The third-order valence-electron chi connectivity index (χ3n) is 2.06. The lowest BCUT2D eigenvalue weighted by atomic mass is 10.2. The van der Waals surface area contributed by atoms with Crippen molar-refractivity contribution in [3.05, 3.63) is 51.4 Å². The molecule has 0 bridgehead atoms. The molecule has 0 saturated heterocycles. The molecule has 0 fully saturated rings. The normalized spacial score (nSPS) is 10.6. The van der Waals surface area contributed by atoms with Gasteiger partial charge in [-0.1, -0.05) is 0 Å². The number of halogens is 2. The number of aromatic nitrogens is 1. The van der Waals surface area contributed by atoms with Crippen molar-refractivity contribution in [3.8, 4) is 0 Å². The van der Waals surface area contributed by atoms with Crippen molar-refractivity contribution < 1.29 is 18.4 Å². The molecule has 0 aliphatic carbocycles. The predicted octanol–water partition coefficient (Wildman–Crippen LogP) is 1.66. The highest BCUT2D eigenvalue weighted by atomic mass is 19.1. The number of hydrogen-bond acceptors (Lipinski definition) is 3. The number of rotatable bonds is 1. The summed E-state index contributed by atoms with van der Waals surface area (Å²) < 4.78 is 26.1. The van der Waals surface area contributed by atoms with Gasteiger partial charge in [-0.15, -0.1) is 0 Å². The molecule has 82 valence electrons. The number of pyridine rings is 1. The molecule has 2 rings (SSSR count). The van der Waals surface area contributed by atoms with Crippen LogP contribution in [0.2, 0.25) is 0 Å². The van der Waals surface area contributed by atoms with Gasteiger partial charge in [-0.3, -0.25) is 10.1 Å². The lowest BCUT2D eigenvalue weighted by molar-refractivity contribution is -0.582. The van der Waals surface area contributed by atoms with Gasteiger partial charge >= 0.3 is 5.69 Å². The first-order valence-corrected chi connectivity index (χ1v) is 4.15. The molecule has 0 unspecified atom stereocenters. The maximum atomic E-state index is 13.3. The largest absolute Gasteiger partial charge is 0.618 e. The van der Waals surface area contributed by atoms with E-state index in [2.05, 4.69) is 0 Å². The SMILES string of the molecule is O=[N+]([O-])c1cc2c(F)cc(F)cc2[n+]([O-])c1. The molecule has 16 heavy (non-hydrogen) atoms. The quantitative estimate of drug-likeness (QED) is 0.321. The molecule has 7 heteroatoms. The van der Waals surface area contributed by atoms with E-state index in [0.29, 0.717) is 12.3 Å². The Bertz CT molecular complexity index is 601. The Hall–Kier alpha value is -2.31. The summed E-state index contributed by atoms with van der Waals surface area (Å²) in [5.74, 6) is -1.92. The maximum Gasteiger partial charge on any atom is 0.334 e. The van der Waals surface area contributed by atoms with Crippen LogP contribution in [0.15, 0.2) is 24.4 Å². The van der Waals surface area contributed by atoms with Crippen LogP contribution < -0.4 is 4.73 Å². The van der Waals surface area contributed by atoms with Gasteiger partial charge in [-0.2, -0.15) is 4.73 Å². The summed E-state index contributed by atoms with van der Waals surface area (Å²) in [7, 11) is 0. The zero-order chi connectivity index (χ0) is 11.9. The Labute approximate surface area is 87.3 Å². The second-order valence-corrected chi connectivity index (χ2v) is 3.10. The van der Waals surface area contributed by atoms with Crippen LogP contribution in [0, 0.1) is 27.0 Å². The first-order chi connectivity index (χ1) is 7.49. The number of nitrogens with zero attached hydrogens (tertiary/aromatic N) is 2. The minimum absolute atomic E-state index is 0.0691. The molecule has 0 spiro atoms. The van der Waals surface area contributed by atoms with Gasteiger partial charge in [0.1, 0.15) is 11.6 Å². The van der Waals surface area contributed by atoms with E-state index in [9.17, 15) is 24.1 Å². The van der Waals surface area contributed by atoms with Gasteiger partial charge in [-0.05, 0) is 0 Å². The lowest BCUT2D eigenvalue weighted by Gasteiger charge is -2.02. The summed E-state index contributed by atoms with van der Waals surface area (Å²) in [4.78, 5) is 9.61. The predicted molar refractivity (Wildman–Crippen MR) is 49.5 cm³/mol. The fourth-order valence-corrected chi connectivity index (χ4v) is 1.37. The molecule has 0 radical (unpaired) electrons. The van der Waals surface area contributed by atoms with Gasteiger partial charge in [0.05, 0.1) is 10.3 Å². The average molecular weight is 226 g/mol. The van der Waals surface area contributed by atoms with Crippen LogP contribution in [0.1, 0.15) is 0 Å². The average Bonchev–Trinajstić information content (AvgIpc) is 2.19. The molecule has 2 aromatic rings. The number of hydrogen-bond donors (Lipinski definition) is 0. The third kappa shape index (κ3) is 1.52. The minimum atomic E-state index is -1.01. The van der Waals surface area contributed by atoms with Crippen molar-refractivity contribution in [2.75, 3.05) is 0 Å². The van der Waals surface area contributed by atoms with E-state index in [-0.39, 0.29) is 15.6 Å². The van der Waals surface area contributed by atoms with E-state index in [1.54, 1.807) is 0 Å². The molecule has 0 aliphatic rings. The van der Waals surface area contributed by atoms with Crippen molar-refractivity contribution in [2.24, 2.45) is 0 Å². The van der Waals surface area contributed by atoms with Crippen LogP contribution in [-0.4, -0.2) is 4.92 Å². The standard InChI is InChI=1S/C9H4F2N2O3/c10-5-1-8(11)7-3-6(13(15)16)4-12(14)9(7)2-5/h1-4H. The van der Waals surface area contributed by atoms with Crippen molar-refractivity contribution >= 4 is 16.6 Å². The zero-order valence-corrected chi connectivity index (χ0v) is 7.68. The molecule has 5 nitrogen and oxygen atoms in total. The highest BCUT2D eigenvalue weighted by Crippen LogP contribution is 2.20. The van der Waals surface area contributed by atoms with E-state index in [4.69, 9.17) is 0 Å². The van der Waals surface area contributed by atoms with E-state index in [1.807, 2.05) is 0 Å². The molecule has 0 saturated carbocycles. The molecule has 0 amide bonds. The molecule has 1 aromatic carbocycles. The summed E-state index contributed by atoms with van der Waals surface area (Å²) >= 11 is 0. The summed E-state index contributed by atoms with van der Waals surface area (Å²) in [6, 6.07) is 2.26. The maximum absolute atomic E-state index is 13.3. The molecular formula is C9H4F2N2O3. The third-order valence-corrected chi connectivity index (χ3v) is 2.06. The van der Waals surface area contributed by atoms with E-state index in [1.165, 1.54) is 0 Å². The fourth-order valence-electron chi connectivity index (χ4n) is 1.37. The first-order valence-electron chi connectivity index (χ1n) is 4.15. The van der Waals surface area contributed by atoms with Crippen LogP contribution in [-0.2, 0) is 0 Å². The van der Waals surface area contributed by atoms with Crippen LogP contribution in [0.4, 0.5) is 14.5 Å². The van der Waals surface area contributed by atoms with Gasteiger partial charge in [0, 0.05) is 18.2 Å².